The fourth-order valence-corrected chi connectivity index (χ4v) is 3.82. The van der Waals surface area contributed by atoms with Gasteiger partial charge in [-0.2, -0.15) is 26.3 Å². The van der Waals surface area contributed by atoms with E-state index in [-0.39, 0.29) is 11.6 Å². The van der Waals surface area contributed by atoms with Crippen molar-refractivity contribution in [3.63, 3.8) is 0 Å². The number of nitrogens with zero attached hydrogens (tertiary/aromatic N) is 1. The minimum atomic E-state index is -5.37. The summed E-state index contributed by atoms with van der Waals surface area (Å²) in [6.45, 7) is 0.229. The van der Waals surface area contributed by atoms with Crippen LogP contribution in [0.1, 0.15) is 29.6 Å². The van der Waals surface area contributed by atoms with E-state index >= 15 is 0 Å². The molecule has 0 fully saturated rings. The molecule has 1 heterocycles. The Kier molecular flexibility index (Phi) is 8.37. The second-order valence-corrected chi connectivity index (χ2v) is 8.53. The van der Waals surface area contributed by atoms with Crippen LogP contribution in [0, 0.1) is 0 Å². The summed E-state index contributed by atoms with van der Waals surface area (Å²) in [5.41, 5.74) is -5.05. The van der Waals surface area contributed by atoms with Gasteiger partial charge in [0.1, 0.15) is 0 Å². The van der Waals surface area contributed by atoms with Gasteiger partial charge in [0.2, 0.25) is 5.91 Å². The lowest BCUT2D eigenvalue weighted by atomic mass is 9.81. The number of guanidine groups is 1. The predicted octanol–water partition coefficient (Wildman–Crippen LogP) is 2.89. The van der Waals surface area contributed by atoms with Crippen LogP contribution in [0.3, 0.4) is 0 Å². The molecule has 2 aliphatic rings. The lowest BCUT2D eigenvalue weighted by molar-refractivity contribution is -0.185. The van der Waals surface area contributed by atoms with Gasteiger partial charge in [0, 0.05) is 30.6 Å². The molecule has 1 aromatic carbocycles. The van der Waals surface area contributed by atoms with Crippen LogP contribution in [0.15, 0.2) is 52.6 Å². The number of amides is 2. The Bertz CT molecular complexity index is 1190. The maximum atomic E-state index is 14.1. The van der Waals surface area contributed by atoms with E-state index in [9.17, 15) is 40.7 Å². The predicted molar refractivity (Wildman–Crippen MR) is 123 cm³/mol. The second kappa shape index (κ2) is 11.1. The first-order chi connectivity index (χ1) is 17.7. The zero-order chi connectivity index (χ0) is 28.1. The number of carboxylic acids is 1. The number of benzene rings is 1. The fourth-order valence-electron chi connectivity index (χ4n) is 3.82. The third-order valence-electron chi connectivity index (χ3n) is 5.59. The third kappa shape index (κ3) is 7.26. The summed E-state index contributed by atoms with van der Waals surface area (Å²) in [5.74, 6) is -3.14. The third-order valence-corrected chi connectivity index (χ3v) is 5.59. The molecular weight excluding hydrogens is 524 g/mol. The minimum Gasteiger partial charge on any atom is -0.481 e. The number of rotatable bonds is 8. The van der Waals surface area contributed by atoms with Crippen molar-refractivity contribution in [1.82, 2.24) is 16.0 Å². The summed E-state index contributed by atoms with van der Waals surface area (Å²) >= 11 is 0. The molecule has 0 spiro atoms. The molecule has 1 atom stereocenters. The van der Waals surface area contributed by atoms with Gasteiger partial charge in [-0.25, -0.2) is 0 Å². The van der Waals surface area contributed by atoms with E-state index in [4.69, 9.17) is 5.11 Å². The molecule has 0 radical (unpaired) electrons. The molecule has 1 aliphatic heterocycles. The molecule has 2 amide bonds. The van der Waals surface area contributed by atoms with E-state index < -0.39 is 72.6 Å². The number of alkyl halides is 6. The molecular formula is C23H23F6N5O4. The standard InChI is InChI=1S/C23H23F6N5O4/c24-22(25,26)15-8-13(4-5-18(36)37)10-21(11-15,23(27,28)29)34-17(35)12-32-19(38)14-2-1-3-16(9-14)33-20-30-6-7-31-20/h1-3,8-9,11H,4-7,10,12H2,(H,32,38)(H,34,35)(H,36,37)(H2,30,31,33). The largest absolute Gasteiger partial charge is 0.481 e. The van der Waals surface area contributed by atoms with Crippen LogP contribution < -0.4 is 21.3 Å². The van der Waals surface area contributed by atoms with Crippen LogP contribution in [0.25, 0.3) is 0 Å². The van der Waals surface area contributed by atoms with Crippen LogP contribution in [0.2, 0.25) is 0 Å². The van der Waals surface area contributed by atoms with Crippen molar-refractivity contribution in [2.24, 2.45) is 4.99 Å². The summed E-state index contributed by atoms with van der Waals surface area (Å²) in [6.07, 6.45) is -12.6. The maximum Gasteiger partial charge on any atom is 0.416 e. The first kappa shape index (κ1) is 28.5. The number of hydrogen-bond acceptors (Lipinski definition) is 6. The summed E-state index contributed by atoms with van der Waals surface area (Å²) < 4.78 is 82.5. The minimum absolute atomic E-state index is 0.0581. The Morgan fingerprint density at radius 3 is 2.47 bits per heavy atom. The lowest BCUT2D eigenvalue weighted by Crippen LogP contribution is -2.60. The van der Waals surface area contributed by atoms with Gasteiger partial charge < -0.3 is 26.4 Å². The number of anilines is 1. The molecule has 9 nitrogen and oxygen atoms in total. The number of aliphatic carboxylic acids is 1. The fraction of sp³-hybridized carbons (Fsp3) is 0.391. The number of hydrogen-bond donors (Lipinski definition) is 5. The van der Waals surface area contributed by atoms with E-state index in [1.165, 1.54) is 18.2 Å². The van der Waals surface area contributed by atoms with Crippen molar-refractivity contribution in [2.75, 3.05) is 25.0 Å². The van der Waals surface area contributed by atoms with Crippen LogP contribution in [0.4, 0.5) is 32.0 Å². The molecule has 1 unspecified atom stereocenters. The van der Waals surface area contributed by atoms with Gasteiger partial charge in [-0.05, 0) is 30.7 Å². The normalized spacial score (nSPS) is 19.5. The van der Waals surface area contributed by atoms with Crippen molar-refractivity contribution in [3.8, 4) is 0 Å². The summed E-state index contributed by atoms with van der Waals surface area (Å²) in [7, 11) is 0. The van der Waals surface area contributed by atoms with Gasteiger partial charge in [0.15, 0.2) is 11.5 Å². The van der Waals surface area contributed by atoms with Gasteiger partial charge in [-0.1, -0.05) is 17.7 Å². The molecule has 0 bridgehead atoms. The number of allylic oxidation sites excluding steroid dienone is 2. The number of halogens is 6. The van der Waals surface area contributed by atoms with Crippen molar-refractivity contribution in [1.29, 1.82) is 0 Å². The van der Waals surface area contributed by atoms with Gasteiger partial charge in [-0.3, -0.25) is 19.4 Å². The molecule has 206 valence electrons. The highest BCUT2D eigenvalue weighted by atomic mass is 19.4. The Morgan fingerprint density at radius 2 is 1.87 bits per heavy atom. The number of nitrogens with one attached hydrogen (secondary N) is 4. The van der Waals surface area contributed by atoms with Crippen molar-refractivity contribution in [2.45, 2.75) is 37.2 Å². The average molecular weight is 547 g/mol. The molecule has 38 heavy (non-hydrogen) atoms. The quantitative estimate of drug-likeness (QED) is 0.318. The highest BCUT2D eigenvalue weighted by Gasteiger charge is 2.57. The SMILES string of the molecule is O=C(O)CCC1=CC(C(F)(F)F)=CC(NC(=O)CNC(=O)c2cccc(NC3=NCCN3)c2)(C(F)(F)F)C1. The molecule has 0 aromatic heterocycles. The summed E-state index contributed by atoms with van der Waals surface area (Å²) in [5, 5.41) is 18.4. The average Bonchev–Trinajstić information content (AvgIpc) is 3.33. The van der Waals surface area contributed by atoms with Crippen molar-refractivity contribution >= 4 is 29.4 Å². The highest BCUT2D eigenvalue weighted by molar-refractivity contribution is 5.99. The van der Waals surface area contributed by atoms with E-state index in [0.29, 0.717) is 30.8 Å². The van der Waals surface area contributed by atoms with Crippen LogP contribution in [-0.4, -0.2) is 66.4 Å². The van der Waals surface area contributed by atoms with E-state index in [1.807, 2.05) is 0 Å². The lowest BCUT2D eigenvalue weighted by Gasteiger charge is -2.38. The zero-order valence-electron chi connectivity index (χ0n) is 19.6. The van der Waals surface area contributed by atoms with Gasteiger partial charge in [0.05, 0.1) is 18.7 Å². The second-order valence-electron chi connectivity index (χ2n) is 8.53. The number of aliphatic imine (C=N–C) groups is 1. The van der Waals surface area contributed by atoms with E-state index in [2.05, 4.69) is 20.9 Å². The Labute approximate surface area is 212 Å². The Hall–Kier alpha value is -4.04. The van der Waals surface area contributed by atoms with Crippen molar-refractivity contribution in [3.05, 3.63) is 53.1 Å². The van der Waals surface area contributed by atoms with E-state index in [0.717, 1.165) is 0 Å². The van der Waals surface area contributed by atoms with E-state index in [1.54, 1.807) is 11.4 Å². The van der Waals surface area contributed by atoms with Crippen LogP contribution >= 0.6 is 0 Å². The smallest absolute Gasteiger partial charge is 0.416 e. The molecule has 0 saturated carbocycles. The van der Waals surface area contributed by atoms with Gasteiger partial charge >= 0.3 is 18.3 Å². The molecule has 3 rings (SSSR count). The van der Waals surface area contributed by atoms with Crippen molar-refractivity contribution < 1.29 is 45.8 Å². The monoisotopic (exact) mass is 547 g/mol. The topological polar surface area (TPSA) is 132 Å². The number of carbonyl (C=O) groups excluding carboxylic acids is 2. The van der Waals surface area contributed by atoms with Gasteiger partial charge in [-0.15, -0.1) is 0 Å². The first-order valence-corrected chi connectivity index (χ1v) is 11.2. The zero-order valence-corrected chi connectivity index (χ0v) is 19.6. The van der Waals surface area contributed by atoms with Crippen LogP contribution in [0.5, 0.6) is 0 Å². The van der Waals surface area contributed by atoms with Crippen LogP contribution in [-0.2, 0) is 9.59 Å². The Morgan fingerprint density at radius 1 is 1.13 bits per heavy atom. The molecule has 5 N–H and O–H groups in total. The first-order valence-electron chi connectivity index (χ1n) is 11.2. The highest BCUT2D eigenvalue weighted by Crippen LogP contribution is 2.44. The molecule has 1 aromatic rings. The maximum absolute atomic E-state index is 14.1. The molecule has 15 heteroatoms. The number of carbonyl (C=O) groups is 3. The summed E-state index contributed by atoms with van der Waals surface area (Å²) in [6, 6.07) is 5.94. The molecule has 1 aliphatic carbocycles. The number of carboxylic acid groups (broad SMARTS) is 1. The Balaban J connectivity index is 1.73. The van der Waals surface area contributed by atoms with Gasteiger partial charge in [0.25, 0.3) is 5.91 Å². The molecule has 0 saturated heterocycles. The summed E-state index contributed by atoms with van der Waals surface area (Å²) in [4.78, 5) is 39.9.